The number of hydrogen-bond donors (Lipinski definition) is 1. The summed E-state index contributed by atoms with van der Waals surface area (Å²) < 4.78 is 16.0. The van der Waals surface area contributed by atoms with Crippen LogP contribution in [0.4, 0.5) is 0 Å². The van der Waals surface area contributed by atoms with Crippen molar-refractivity contribution in [3.63, 3.8) is 0 Å². The Hall–Kier alpha value is -2.69. The number of nitrogens with one attached hydrogen (secondary N) is 1. The molecule has 140 valence electrons. The predicted molar refractivity (Wildman–Crippen MR) is 102 cm³/mol. The predicted octanol–water partition coefficient (Wildman–Crippen LogP) is 4.23. The molecule has 0 bridgehead atoms. The van der Waals surface area contributed by atoms with Crippen molar-refractivity contribution in [2.45, 2.75) is 26.3 Å². The average molecular weight is 357 g/mol. The van der Waals surface area contributed by atoms with Gasteiger partial charge in [0, 0.05) is 5.56 Å². The van der Waals surface area contributed by atoms with Crippen LogP contribution < -0.4 is 19.5 Å². The molecule has 2 aromatic rings. The Labute approximate surface area is 155 Å². The lowest BCUT2D eigenvalue weighted by atomic mass is 9.96. The highest BCUT2D eigenvalue weighted by Crippen LogP contribution is 2.38. The lowest BCUT2D eigenvalue weighted by Gasteiger charge is -2.22. The lowest BCUT2D eigenvalue weighted by molar-refractivity contribution is 0.0931. The van der Waals surface area contributed by atoms with Crippen molar-refractivity contribution in [1.82, 2.24) is 5.32 Å². The molecule has 26 heavy (non-hydrogen) atoms. The molecule has 0 fully saturated rings. The summed E-state index contributed by atoms with van der Waals surface area (Å²) in [5.41, 5.74) is 1.55. The first-order valence-corrected chi connectivity index (χ1v) is 8.66. The third-order valence-corrected chi connectivity index (χ3v) is 4.14. The van der Waals surface area contributed by atoms with E-state index in [1.807, 2.05) is 30.3 Å². The lowest BCUT2D eigenvalue weighted by Crippen LogP contribution is -2.29. The number of ether oxygens (including phenoxy) is 3. The summed E-state index contributed by atoms with van der Waals surface area (Å²) in [5, 5.41) is 3.13. The van der Waals surface area contributed by atoms with Gasteiger partial charge in [-0.05, 0) is 30.0 Å². The maximum absolute atomic E-state index is 12.9. The SMILES string of the molecule is COc1cc(C(=O)NC(CC(C)C)c2ccccc2)cc(OC)c1OC. The van der Waals surface area contributed by atoms with Crippen LogP contribution in [-0.2, 0) is 0 Å². The molecule has 0 saturated heterocycles. The number of carbonyl (C=O) groups excluding carboxylic acids is 1. The van der Waals surface area contributed by atoms with E-state index in [1.54, 1.807) is 12.1 Å². The molecular weight excluding hydrogens is 330 g/mol. The van der Waals surface area contributed by atoms with Crippen molar-refractivity contribution in [1.29, 1.82) is 0 Å². The van der Waals surface area contributed by atoms with E-state index >= 15 is 0 Å². The standard InChI is InChI=1S/C21H27NO4/c1-14(2)11-17(15-9-7-6-8-10-15)22-21(23)16-12-18(24-3)20(26-5)19(13-16)25-4/h6-10,12-14,17H,11H2,1-5H3,(H,22,23). The second-order valence-corrected chi connectivity index (χ2v) is 6.48. The van der Waals surface area contributed by atoms with Crippen molar-refractivity contribution < 1.29 is 19.0 Å². The molecule has 0 radical (unpaired) electrons. The Bertz CT molecular complexity index is 703. The quantitative estimate of drug-likeness (QED) is 0.768. The Morgan fingerprint density at radius 1 is 0.962 bits per heavy atom. The van der Waals surface area contributed by atoms with Crippen molar-refractivity contribution in [3.05, 3.63) is 53.6 Å². The second kappa shape index (κ2) is 9.13. The highest BCUT2D eigenvalue weighted by molar-refractivity contribution is 5.96. The van der Waals surface area contributed by atoms with Crippen LogP contribution in [0.25, 0.3) is 0 Å². The molecule has 0 aromatic heterocycles. The Balaban J connectivity index is 2.31. The minimum absolute atomic E-state index is 0.0669. The monoisotopic (exact) mass is 357 g/mol. The van der Waals surface area contributed by atoms with Crippen LogP contribution in [-0.4, -0.2) is 27.2 Å². The van der Waals surface area contributed by atoms with Gasteiger partial charge in [-0.15, -0.1) is 0 Å². The number of hydrogen-bond acceptors (Lipinski definition) is 4. The summed E-state index contributed by atoms with van der Waals surface area (Å²) in [4.78, 5) is 12.9. The highest BCUT2D eigenvalue weighted by Gasteiger charge is 2.20. The maximum atomic E-state index is 12.9. The van der Waals surface area contributed by atoms with Gasteiger partial charge in [-0.2, -0.15) is 0 Å². The van der Waals surface area contributed by atoms with Crippen molar-refractivity contribution >= 4 is 5.91 Å². The van der Waals surface area contributed by atoms with Crippen LogP contribution in [0.15, 0.2) is 42.5 Å². The molecule has 1 N–H and O–H groups in total. The van der Waals surface area contributed by atoms with Crippen molar-refractivity contribution in [2.75, 3.05) is 21.3 Å². The van der Waals surface area contributed by atoms with Crippen molar-refractivity contribution in [3.8, 4) is 17.2 Å². The topological polar surface area (TPSA) is 56.8 Å². The molecule has 0 aliphatic carbocycles. The zero-order valence-electron chi connectivity index (χ0n) is 16.0. The largest absolute Gasteiger partial charge is 0.493 e. The molecule has 0 aliphatic rings. The summed E-state index contributed by atoms with van der Waals surface area (Å²) in [6.45, 7) is 4.28. The minimum atomic E-state index is -0.182. The molecule has 0 spiro atoms. The number of rotatable bonds is 8. The third kappa shape index (κ3) is 4.69. The first-order valence-electron chi connectivity index (χ1n) is 8.66. The van der Waals surface area contributed by atoms with Crippen LogP contribution in [0.1, 0.15) is 42.2 Å². The summed E-state index contributed by atoms with van der Waals surface area (Å²) in [6, 6.07) is 13.2. The third-order valence-electron chi connectivity index (χ3n) is 4.14. The van der Waals surface area contributed by atoms with Crippen LogP contribution in [0.3, 0.4) is 0 Å². The van der Waals surface area contributed by atoms with Crippen LogP contribution in [0.5, 0.6) is 17.2 Å². The van der Waals surface area contributed by atoms with E-state index in [9.17, 15) is 4.79 Å². The van der Waals surface area contributed by atoms with E-state index in [0.717, 1.165) is 12.0 Å². The summed E-state index contributed by atoms with van der Waals surface area (Å²) in [5.74, 6) is 1.64. The van der Waals surface area contributed by atoms with Crippen molar-refractivity contribution in [2.24, 2.45) is 5.92 Å². The molecule has 5 heteroatoms. The smallest absolute Gasteiger partial charge is 0.252 e. The molecule has 5 nitrogen and oxygen atoms in total. The normalized spacial score (nSPS) is 11.8. The van der Waals surface area contributed by atoms with E-state index in [0.29, 0.717) is 28.7 Å². The molecule has 2 aromatic carbocycles. The molecule has 1 amide bonds. The number of carbonyl (C=O) groups is 1. The Morgan fingerprint density at radius 2 is 1.54 bits per heavy atom. The van der Waals surface area contributed by atoms with Gasteiger partial charge < -0.3 is 19.5 Å². The van der Waals surface area contributed by atoms with E-state index in [4.69, 9.17) is 14.2 Å². The molecule has 1 unspecified atom stereocenters. The molecule has 1 atom stereocenters. The van der Waals surface area contributed by atoms with E-state index in [2.05, 4.69) is 19.2 Å². The number of benzene rings is 2. The van der Waals surface area contributed by atoms with E-state index in [1.165, 1.54) is 21.3 Å². The first kappa shape index (κ1) is 19.6. The molecular formula is C21H27NO4. The van der Waals surface area contributed by atoms with E-state index < -0.39 is 0 Å². The molecule has 0 aliphatic heterocycles. The average Bonchev–Trinajstić information content (AvgIpc) is 2.66. The number of methoxy groups -OCH3 is 3. The van der Waals surface area contributed by atoms with Gasteiger partial charge in [-0.1, -0.05) is 44.2 Å². The summed E-state index contributed by atoms with van der Waals surface area (Å²) >= 11 is 0. The molecule has 0 saturated carbocycles. The fraction of sp³-hybridized carbons (Fsp3) is 0.381. The Morgan fingerprint density at radius 3 is 2.00 bits per heavy atom. The van der Waals surface area contributed by atoms with Gasteiger partial charge in [0.15, 0.2) is 11.5 Å². The van der Waals surface area contributed by atoms with Gasteiger partial charge >= 0.3 is 0 Å². The van der Waals surface area contributed by atoms with Gasteiger partial charge in [-0.3, -0.25) is 4.79 Å². The van der Waals surface area contributed by atoms with Crippen LogP contribution in [0.2, 0.25) is 0 Å². The summed E-state index contributed by atoms with van der Waals surface area (Å²) in [6.07, 6.45) is 0.847. The summed E-state index contributed by atoms with van der Waals surface area (Å²) in [7, 11) is 4.60. The highest BCUT2D eigenvalue weighted by atomic mass is 16.5. The van der Waals surface area contributed by atoms with Gasteiger partial charge in [0.05, 0.1) is 27.4 Å². The zero-order chi connectivity index (χ0) is 19.1. The van der Waals surface area contributed by atoms with Gasteiger partial charge in [0.2, 0.25) is 5.75 Å². The zero-order valence-corrected chi connectivity index (χ0v) is 16.0. The Kier molecular flexibility index (Phi) is 6.89. The van der Waals surface area contributed by atoms with Gasteiger partial charge in [0.25, 0.3) is 5.91 Å². The number of amides is 1. The molecule has 0 heterocycles. The van der Waals surface area contributed by atoms with Crippen LogP contribution in [0, 0.1) is 5.92 Å². The van der Waals surface area contributed by atoms with Crippen LogP contribution >= 0.6 is 0 Å². The van der Waals surface area contributed by atoms with Gasteiger partial charge in [-0.25, -0.2) is 0 Å². The first-order chi connectivity index (χ1) is 12.5. The van der Waals surface area contributed by atoms with E-state index in [-0.39, 0.29) is 11.9 Å². The second-order valence-electron chi connectivity index (χ2n) is 6.48. The van der Waals surface area contributed by atoms with Gasteiger partial charge in [0.1, 0.15) is 0 Å². The fourth-order valence-electron chi connectivity index (χ4n) is 2.89. The maximum Gasteiger partial charge on any atom is 0.252 e. The minimum Gasteiger partial charge on any atom is -0.493 e. The molecule has 2 rings (SSSR count). The fourth-order valence-corrected chi connectivity index (χ4v) is 2.89.